The lowest BCUT2D eigenvalue weighted by atomic mass is 9.98. The average molecular weight is 465 g/mol. The van der Waals surface area contributed by atoms with Crippen LogP contribution in [0, 0.1) is 6.92 Å². The third-order valence-corrected chi connectivity index (χ3v) is 6.05. The van der Waals surface area contributed by atoms with E-state index in [4.69, 9.17) is 21.0 Å². The SMILES string of the molecule is Cc1ccc(-c2nc3[nH]c(=O)c(-c4ccncc4)cc3cc2-c2cc(Cl)c3ncccc3c2)o1. The number of H-pyrrole nitrogens is 1. The number of nitrogens with one attached hydrogen (secondary N) is 1. The van der Waals surface area contributed by atoms with Crippen molar-refractivity contribution >= 4 is 33.5 Å². The van der Waals surface area contributed by atoms with E-state index in [1.165, 1.54) is 0 Å². The molecule has 0 saturated carbocycles. The maximum absolute atomic E-state index is 12.9. The zero-order chi connectivity index (χ0) is 23.2. The third-order valence-electron chi connectivity index (χ3n) is 5.76. The monoisotopic (exact) mass is 464 g/mol. The van der Waals surface area contributed by atoms with E-state index in [2.05, 4.69) is 15.0 Å². The van der Waals surface area contributed by atoms with E-state index in [1.54, 1.807) is 30.7 Å². The summed E-state index contributed by atoms with van der Waals surface area (Å²) in [6.07, 6.45) is 5.05. The van der Waals surface area contributed by atoms with Gasteiger partial charge in [0.1, 0.15) is 17.1 Å². The highest BCUT2D eigenvalue weighted by Crippen LogP contribution is 2.37. The second-order valence-corrected chi connectivity index (χ2v) is 8.42. The van der Waals surface area contributed by atoms with Crippen molar-refractivity contribution in [3.8, 4) is 33.7 Å². The molecule has 0 aliphatic rings. The normalized spacial score (nSPS) is 11.4. The van der Waals surface area contributed by atoms with Crippen LogP contribution in [0.1, 0.15) is 5.76 Å². The van der Waals surface area contributed by atoms with Crippen LogP contribution < -0.4 is 5.56 Å². The van der Waals surface area contributed by atoms with Crippen molar-refractivity contribution in [1.29, 1.82) is 0 Å². The van der Waals surface area contributed by atoms with Gasteiger partial charge in [0.25, 0.3) is 5.56 Å². The molecule has 0 unspecified atom stereocenters. The maximum atomic E-state index is 12.9. The summed E-state index contributed by atoms with van der Waals surface area (Å²) in [5.74, 6) is 1.38. The zero-order valence-corrected chi connectivity index (χ0v) is 18.8. The zero-order valence-electron chi connectivity index (χ0n) is 18.0. The van der Waals surface area contributed by atoms with Gasteiger partial charge in [0.2, 0.25) is 0 Å². The van der Waals surface area contributed by atoms with E-state index in [9.17, 15) is 4.79 Å². The number of nitrogens with zero attached hydrogens (tertiary/aromatic N) is 3. The molecular weight excluding hydrogens is 448 g/mol. The number of aryl methyl sites for hydroxylation is 1. The molecule has 164 valence electrons. The van der Waals surface area contributed by atoms with Crippen LogP contribution in [0.25, 0.3) is 55.6 Å². The van der Waals surface area contributed by atoms with Gasteiger partial charge in [0, 0.05) is 40.5 Å². The summed E-state index contributed by atoms with van der Waals surface area (Å²) in [5, 5.41) is 2.26. The van der Waals surface area contributed by atoms with Crippen LogP contribution >= 0.6 is 11.6 Å². The van der Waals surface area contributed by atoms with Gasteiger partial charge < -0.3 is 9.40 Å². The molecule has 0 bridgehead atoms. The Morgan fingerprint density at radius 2 is 1.71 bits per heavy atom. The molecule has 5 heterocycles. The van der Waals surface area contributed by atoms with Crippen molar-refractivity contribution < 1.29 is 4.42 Å². The molecule has 0 saturated heterocycles. The number of halogens is 1. The van der Waals surface area contributed by atoms with Gasteiger partial charge in [0.05, 0.1) is 10.5 Å². The molecule has 34 heavy (non-hydrogen) atoms. The maximum Gasteiger partial charge on any atom is 0.257 e. The van der Waals surface area contributed by atoms with E-state index < -0.39 is 0 Å². The van der Waals surface area contributed by atoms with E-state index in [0.717, 1.165) is 38.7 Å². The average Bonchev–Trinajstić information content (AvgIpc) is 3.29. The van der Waals surface area contributed by atoms with Crippen molar-refractivity contribution in [2.75, 3.05) is 0 Å². The summed E-state index contributed by atoms with van der Waals surface area (Å²) in [7, 11) is 0. The highest BCUT2D eigenvalue weighted by atomic mass is 35.5. The number of fused-ring (bicyclic) bond motifs is 2. The summed E-state index contributed by atoms with van der Waals surface area (Å²) in [6, 6.07) is 19.0. The van der Waals surface area contributed by atoms with E-state index >= 15 is 0 Å². The number of aromatic nitrogens is 4. The Morgan fingerprint density at radius 3 is 2.50 bits per heavy atom. The first-order valence-corrected chi connectivity index (χ1v) is 11.0. The first-order valence-electron chi connectivity index (χ1n) is 10.7. The van der Waals surface area contributed by atoms with Crippen molar-refractivity contribution in [3.05, 3.63) is 100 Å². The van der Waals surface area contributed by atoms with Crippen LogP contribution in [0.2, 0.25) is 5.02 Å². The molecule has 0 amide bonds. The lowest BCUT2D eigenvalue weighted by molar-refractivity contribution is 0.547. The van der Waals surface area contributed by atoms with Crippen molar-refractivity contribution in [3.63, 3.8) is 0 Å². The molecule has 0 aliphatic carbocycles. The fraction of sp³-hybridized carbons (Fsp3) is 0.0370. The van der Waals surface area contributed by atoms with Crippen LogP contribution in [-0.4, -0.2) is 19.9 Å². The molecule has 7 heteroatoms. The second-order valence-electron chi connectivity index (χ2n) is 8.01. The van der Waals surface area contributed by atoms with E-state index in [1.807, 2.05) is 55.5 Å². The first kappa shape index (κ1) is 20.3. The Bertz CT molecular complexity index is 1760. The number of rotatable bonds is 3. The van der Waals surface area contributed by atoms with Gasteiger partial charge in [-0.2, -0.15) is 0 Å². The van der Waals surface area contributed by atoms with Crippen LogP contribution in [0.3, 0.4) is 0 Å². The van der Waals surface area contributed by atoms with E-state index in [0.29, 0.717) is 27.7 Å². The fourth-order valence-corrected chi connectivity index (χ4v) is 4.43. The number of pyridine rings is 4. The Kier molecular flexibility index (Phi) is 4.74. The Labute approximate surface area is 198 Å². The number of aromatic amines is 1. The highest BCUT2D eigenvalue weighted by molar-refractivity contribution is 6.35. The Balaban J connectivity index is 1.65. The smallest absolute Gasteiger partial charge is 0.257 e. The van der Waals surface area contributed by atoms with Crippen molar-refractivity contribution in [2.24, 2.45) is 0 Å². The van der Waals surface area contributed by atoms with Gasteiger partial charge in [-0.25, -0.2) is 4.98 Å². The van der Waals surface area contributed by atoms with Gasteiger partial charge in [-0.05, 0) is 72.6 Å². The minimum atomic E-state index is -0.222. The molecule has 0 aliphatic heterocycles. The molecule has 0 radical (unpaired) electrons. The molecule has 1 aromatic carbocycles. The lowest BCUT2D eigenvalue weighted by Crippen LogP contribution is -2.10. The van der Waals surface area contributed by atoms with Crippen molar-refractivity contribution in [2.45, 2.75) is 6.92 Å². The molecule has 0 atom stereocenters. The summed E-state index contributed by atoms with van der Waals surface area (Å²) < 4.78 is 5.91. The number of hydrogen-bond acceptors (Lipinski definition) is 5. The summed E-state index contributed by atoms with van der Waals surface area (Å²) >= 11 is 6.60. The molecular formula is C27H17ClN4O2. The first-order chi connectivity index (χ1) is 16.6. The molecule has 6 rings (SSSR count). The Morgan fingerprint density at radius 1 is 0.882 bits per heavy atom. The van der Waals surface area contributed by atoms with Crippen LogP contribution in [0.5, 0.6) is 0 Å². The highest BCUT2D eigenvalue weighted by Gasteiger charge is 2.17. The van der Waals surface area contributed by atoms with Crippen LogP contribution in [0.4, 0.5) is 0 Å². The van der Waals surface area contributed by atoms with Gasteiger partial charge in [0.15, 0.2) is 5.76 Å². The summed E-state index contributed by atoms with van der Waals surface area (Å²) in [4.78, 5) is 29.1. The molecule has 6 nitrogen and oxygen atoms in total. The van der Waals surface area contributed by atoms with E-state index in [-0.39, 0.29) is 5.56 Å². The summed E-state index contributed by atoms with van der Waals surface area (Å²) in [5.41, 5.74) is 4.65. The standard InChI is InChI=1S/C27H17ClN4O2/c1-15-4-5-23(34-15)25-20(18-11-17-3-2-8-30-24(17)22(28)14-18)12-19-13-21(16-6-9-29-10-7-16)27(33)32-26(19)31-25/h2-14H,1H3,(H,31,32,33). The minimum absolute atomic E-state index is 0.222. The number of hydrogen-bond donors (Lipinski definition) is 1. The van der Waals surface area contributed by atoms with Crippen LogP contribution in [-0.2, 0) is 0 Å². The largest absolute Gasteiger partial charge is 0.460 e. The van der Waals surface area contributed by atoms with Crippen LogP contribution in [0.15, 0.2) is 88.5 Å². The fourth-order valence-electron chi connectivity index (χ4n) is 4.15. The molecule has 5 aromatic heterocycles. The van der Waals surface area contributed by atoms with Gasteiger partial charge in [-0.3, -0.25) is 14.8 Å². The summed E-state index contributed by atoms with van der Waals surface area (Å²) in [6.45, 7) is 1.88. The topological polar surface area (TPSA) is 84.7 Å². The quantitative estimate of drug-likeness (QED) is 0.326. The predicted molar refractivity (Wildman–Crippen MR) is 134 cm³/mol. The predicted octanol–water partition coefficient (Wildman–Crippen LogP) is 6.42. The number of benzene rings is 1. The Hall–Kier alpha value is -4.29. The molecule has 1 N–H and O–H groups in total. The minimum Gasteiger partial charge on any atom is -0.460 e. The second kappa shape index (κ2) is 7.93. The molecule has 0 fully saturated rings. The van der Waals surface area contributed by atoms with Gasteiger partial charge in [-0.15, -0.1) is 0 Å². The lowest BCUT2D eigenvalue weighted by Gasteiger charge is -2.12. The molecule has 0 spiro atoms. The van der Waals surface area contributed by atoms with Gasteiger partial charge in [-0.1, -0.05) is 17.7 Å². The number of furan rings is 1. The van der Waals surface area contributed by atoms with Crippen molar-refractivity contribution in [1.82, 2.24) is 19.9 Å². The van der Waals surface area contributed by atoms with Gasteiger partial charge >= 0.3 is 0 Å². The molecule has 6 aromatic rings. The third kappa shape index (κ3) is 3.45.